The fourth-order valence-electron chi connectivity index (χ4n) is 6.57. The van der Waals surface area contributed by atoms with Gasteiger partial charge in [-0.15, -0.1) is 0 Å². The monoisotopic (exact) mass is 619 g/mol. The largest absolute Gasteiger partial charge is 0.504 e. The molecule has 0 spiro atoms. The number of aromatic nitrogens is 1. The molecule has 7 N–H and O–H groups in total. The van der Waals surface area contributed by atoms with Crippen molar-refractivity contribution < 1.29 is 29.6 Å². The summed E-state index contributed by atoms with van der Waals surface area (Å²) < 4.78 is 5.58. The van der Waals surface area contributed by atoms with E-state index in [1.807, 2.05) is 36.4 Å². The van der Waals surface area contributed by atoms with Crippen molar-refractivity contribution in [3.8, 4) is 11.5 Å². The van der Waals surface area contributed by atoms with Crippen molar-refractivity contribution in [2.75, 3.05) is 20.3 Å². The SMILES string of the molecule is CCCCCCCC(=O)C(O)C(=O)CCc1cc(OC)c(O)c(C2C3=CCNC(N)=C3C=CC2(CO)Cc2ccc(CC)[nH]2)c1. The molecule has 244 valence electrons. The Hall–Kier alpha value is -3.82. The highest BCUT2D eigenvalue weighted by Gasteiger charge is 2.45. The number of benzene rings is 1. The zero-order valence-electron chi connectivity index (χ0n) is 26.8. The summed E-state index contributed by atoms with van der Waals surface area (Å²) in [4.78, 5) is 28.8. The first kappa shape index (κ1) is 34.1. The number of aromatic amines is 1. The predicted molar refractivity (Wildman–Crippen MR) is 175 cm³/mol. The van der Waals surface area contributed by atoms with Crippen LogP contribution in [0.2, 0.25) is 0 Å². The molecule has 0 fully saturated rings. The number of ketones is 2. The minimum atomic E-state index is -1.63. The van der Waals surface area contributed by atoms with Crippen LogP contribution >= 0.6 is 0 Å². The molecule has 1 aromatic carbocycles. The van der Waals surface area contributed by atoms with E-state index in [0.29, 0.717) is 36.3 Å². The van der Waals surface area contributed by atoms with E-state index in [0.717, 1.165) is 54.6 Å². The number of phenols is 1. The van der Waals surface area contributed by atoms with Gasteiger partial charge in [0.15, 0.2) is 29.2 Å². The second-order valence-corrected chi connectivity index (χ2v) is 12.3. The second-order valence-electron chi connectivity index (χ2n) is 12.3. The highest BCUT2D eigenvalue weighted by Crippen LogP contribution is 2.54. The number of H-pyrrole nitrogens is 1. The number of nitrogens with two attached hydrogens (primary N) is 1. The number of hydrogen-bond acceptors (Lipinski definition) is 8. The third kappa shape index (κ3) is 7.71. The van der Waals surface area contributed by atoms with Gasteiger partial charge in [0.1, 0.15) is 5.82 Å². The van der Waals surface area contributed by atoms with Crippen molar-refractivity contribution in [1.82, 2.24) is 10.3 Å². The van der Waals surface area contributed by atoms with Gasteiger partial charge < -0.3 is 36.1 Å². The Labute approximate surface area is 266 Å². The number of aliphatic hydroxyl groups is 2. The smallest absolute Gasteiger partial charge is 0.170 e. The number of rotatable bonds is 17. The first-order valence-corrected chi connectivity index (χ1v) is 16.2. The summed E-state index contributed by atoms with van der Waals surface area (Å²) >= 11 is 0. The van der Waals surface area contributed by atoms with Crippen LogP contribution in [0.1, 0.15) is 87.2 Å². The molecule has 45 heavy (non-hydrogen) atoms. The maximum absolute atomic E-state index is 12.9. The van der Waals surface area contributed by atoms with Crippen molar-refractivity contribution in [2.45, 2.75) is 90.1 Å². The average molecular weight is 620 g/mol. The lowest BCUT2D eigenvalue weighted by atomic mass is 9.61. The van der Waals surface area contributed by atoms with Gasteiger partial charge in [0.25, 0.3) is 0 Å². The molecule has 3 atom stereocenters. The van der Waals surface area contributed by atoms with E-state index in [1.54, 1.807) is 6.07 Å². The number of methoxy groups -OCH3 is 1. The Balaban J connectivity index is 1.65. The van der Waals surface area contributed by atoms with Crippen molar-refractivity contribution in [2.24, 2.45) is 11.1 Å². The van der Waals surface area contributed by atoms with Crippen LogP contribution in [-0.4, -0.2) is 58.2 Å². The van der Waals surface area contributed by atoms with Crippen molar-refractivity contribution in [1.29, 1.82) is 0 Å². The van der Waals surface area contributed by atoms with Crippen molar-refractivity contribution in [3.63, 3.8) is 0 Å². The van der Waals surface area contributed by atoms with Gasteiger partial charge in [-0.05, 0) is 55.0 Å². The van der Waals surface area contributed by atoms with Crippen LogP contribution < -0.4 is 15.8 Å². The van der Waals surface area contributed by atoms with Gasteiger partial charge in [-0.25, -0.2) is 0 Å². The molecule has 1 aromatic heterocycles. The van der Waals surface area contributed by atoms with E-state index in [9.17, 15) is 24.9 Å². The zero-order valence-corrected chi connectivity index (χ0v) is 26.8. The van der Waals surface area contributed by atoms with Gasteiger partial charge >= 0.3 is 0 Å². The molecule has 3 unspecified atom stereocenters. The Kier molecular flexibility index (Phi) is 11.7. The normalized spacial score (nSPS) is 19.9. The topological polar surface area (TPSA) is 158 Å². The number of Topliss-reactive ketones (excluding diaryl/α,β-unsaturated/α-hetero) is 2. The molecule has 0 saturated carbocycles. The van der Waals surface area contributed by atoms with Crippen LogP contribution in [0.3, 0.4) is 0 Å². The number of hydrogen-bond donors (Lipinski definition) is 6. The van der Waals surface area contributed by atoms with E-state index in [1.165, 1.54) is 7.11 Å². The maximum Gasteiger partial charge on any atom is 0.170 e. The van der Waals surface area contributed by atoms with E-state index >= 15 is 0 Å². The highest BCUT2D eigenvalue weighted by molar-refractivity contribution is 6.05. The molecule has 9 heteroatoms. The van der Waals surface area contributed by atoms with Crippen LogP contribution in [0.25, 0.3) is 0 Å². The number of unbranched alkanes of at least 4 members (excludes halogenated alkanes) is 4. The van der Waals surface area contributed by atoms with Crippen LogP contribution in [-0.2, 0) is 28.9 Å². The van der Waals surface area contributed by atoms with Gasteiger partial charge in [-0.2, -0.15) is 0 Å². The third-order valence-electron chi connectivity index (χ3n) is 9.18. The number of carbonyl (C=O) groups excluding carboxylic acids is 2. The fourth-order valence-corrected chi connectivity index (χ4v) is 6.57. The molecular formula is C36H49N3O6. The van der Waals surface area contributed by atoms with Crippen LogP contribution in [0.5, 0.6) is 11.5 Å². The van der Waals surface area contributed by atoms with E-state index in [4.69, 9.17) is 10.5 Å². The Bertz CT molecular complexity index is 1450. The second kappa shape index (κ2) is 15.5. The summed E-state index contributed by atoms with van der Waals surface area (Å²) in [5.74, 6) is -0.757. The number of aromatic hydroxyl groups is 1. The minimum Gasteiger partial charge on any atom is -0.504 e. The number of allylic oxidation sites excluding steroid dienone is 3. The summed E-state index contributed by atoms with van der Waals surface area (Å²) in [5.41, 5.74) is 10.5. The number of phenolic OH excluding ortho intramolecular Hbond substituents is 1. The molecule has 0 bridgehead atoms. The van der Waals surface area contributed by atoms with Crippen molar-refractivity contribution in [3.05, 3.63) is 82.0 Å². The van der Waals surface area contributed by atoms with Gasteiger partial charge in [0.05, 0.1) is 13.7 Å². The number of aryl methyl sites for hydroxylation is 2. The van der Waals surface area contributed by atoms with Crippen LogP contribution in [0, 0.1) is 5.41 Å². The Morgan fingerprint density at radius 3 is 2.51 bits per heavy atom. The first-order chi connectivity index (χ1) is 21.7. The molecule has 0 radical (unpaired) electrons. The van der Waals surface area contributed by atoms with Gasteiger partial charge in [-0.1, -0.05) is 63.8 Å². The lowest BCUT2D eigenvalue weighted by Crippen LogP contribution is -2.40. The molecule has 9 nitrogen and oxygen atoms in total. The molecule has 1 aliphatic carbocycles. The molecule has 1 aliphatic heterocycles. The lowest BCUT2D eigenvalue weighted by Gasteiger charge is -2.44. The summed E-state index contributed by atoms with van der Waals surface area (Å²) in [5, 5.41) is 36.2. The fraction of sp³-hybridized carbons (Fsp3) is 0.500. The highest BCUT2D eigenvalue weighted by atomic mass is 16.5. The molecule has 0 amide bonds. The molecule has 0 saturated heterocycles. The van der Waals surface area contributed by atoms with E-state index in [2.05, 4.69) is 24.1 Å². The maximum atomic E-state index is 12.9. The van der Waals surface area contributed by atoms with Gasteiger partial charge in [-0.3, -0.25) is 9.59 Å². The van der Waals surface area contributed by atoms with E-state index in [-0.39, 0.29) is 37.4 Å². The summed E-state index contributed by atoms with van der Waals surface area (Å²) in [7, 11) is 1.47. The number of nitrogens with one attached hydrogen (secondary N) is 2. The number of ether oxygens (including phenoxy) is 1. The summed E-state index contributed by atoms with van der Waals surface area (Å²) in [6.07, 6.45) is 10.8. The van der Waals surface area contributed by atoms with Gasteiger partial charge in [0.2, 0.25) is 0 Å². The molecule has 4 rings (SSSR count). The Morgan fingerprint density at radius 1 is 1.09 bits per heavy atom. The molecule has 2 aliphatic rings. The molecule has 2 aromatic rings. The first-order valence-electron chi connectivity index (χ1n) is 16.2. The van der Waals surface area contributed by atoms with Crippen LogP contribution in [0.4, 0.5) is 0 Å². The van der Waals surface area contributed by atoms with Crippen molar-refractivity contribution >= 4 is 11.6 Å². The number of fused-ring (bicyclic) bond motifs is 1. The van der Waals surface area contributed by atoms with Gasteiger partial charge in [0, 0.05) is 53.2 Å². The number of dihydropyridines is 1. The standard InChI is InChI=1S/C36H49N3O6/c1-4-6-7-8-9-10-29(41)34(44)30(42)14-11-23-19-28(33(43)31(20-23)45-3)32-26-16-18-38-35(37)27(26)15-17-36(32,22-40)21-25-13-12-24(5-2)39-25/h12-13,15-17,19-20,32,34,38-40,43-44H,4-11,14,18,21-22,37H2,1-3H3. The molecule has 2 heterocycles. The number of aliphatic hydroxyl groups excluding tert-OH is 2. The third-order valence-corrected chi connectivity index (χ3v) is 9.18. The number of carbonyl (C=O) groups is 2. The van der Waals surface area contributed by atoms with E-state index < -0.39 is 29.0 Å². The average Bonchev–Trinajstić information content (AvgIpc) is 3.50. The summed E-state index contributed by atoms with van der Waals surface area (Å²) in [6.45, 7) is 4.49. The minimum absolute atomic E-state index is 0.0428. The quantitative estimate of drug-likeness (QED) is 0.110. The Morgan fingerprint density at radius 2 is 1.82 bits per heavy atom. The zero-order chi connectivity index (χ0) is 32.6. The summed E-state index contributed by atoms with van der Waals surface area (Å²) in [6, 6.07) is 7.58. The lowest BCUT2D eigenvalue weighted by molar-refractivity contribution is -0.138. The van der Waals surface area contributed by atoms with Crippen LogP contribution in [0.15, 0.2) is 59.5 Å². The molecular weight excluding hydrogens is 570 g/mol. The predicted octanol–water partition coefficient (Wildman–Crippen LogP) is 4.66.